The van der Waals surface area contributed by atoms with E-state index < -0.39 is 0 Å². The van der Waals surface area contributed by atoms with Crippen molar-refractivity contribution < 1.29 is 9.53 Å². The summed E-state index contributed by atoms with van der Waals surface area (Å²) in [5.74, 6) is 0.429. The minimum atomic E-state index is -0.329. The first-order chi connectivity index (χ1) is 8.70. The number of anilines is 1. The van der Waals surface area contributed by atoms with Gasteiger partial charge in [0.2, 0.25) is 5.95 Å². The van der Waals surface area contributed by atoms with Gasteiger partial charge in [0.25, 0.3) is 5.91 Å². The van der Waals surface area contributed by atoms with Crippen LogP contribution in [0.2, 0.25) is 0 Å². The molecular weight excluding hydrogens is 232 g/mol. The Morgan fingerprint density at radius 1 is 1.44 bits per heavy atom. The molecule has 6 heteroatoms. The molecule has 18 heavy (non-hydrogen) atoms. The third kappa shape index (κ3) is 2.54. The Morgan fingerprint density at radius 2 is 2.22 bits per heavy atom. The number of nitrogens with zero attached hydrogens (tertiary/aromatic N) is 3. The summed E-state index contributed by atoms with van der Waals surface area (Å²) in [7, 11) is 1.58. The van der Waals surface area contributed by atoms with Crippen molar-refractivity contribution in [3.63, 3.8) is 0 Å². The smallest absolute Gasteiger partial charge is 0.272 e. The van der Waals surface area contributed by atoms with Crippen molar-refractivity contribution in [1.29, 1.82) is 0 Å². The van der Waals surface area contributed by atoms with Gasteiger partial charge in [-0.3, -0.25) is 4.79 Å². The van der Waals surface area contributed by atoms with Crippen molar-refractivity contribution in [1.82, 2.24) is 14.8 Å². The van der Waals surface area contributed by atoms with E-state index in [9.17, 15) is 4.79 Å². The molecule has 0 bridgehead atoms. The van der Waals surface area contributed by atoms with Crippen LogP contribution in [0, 0.1) is 0 Å². The van der Waals surface area contributed by atoms with Gasteiger partial charge in [0.05, 0.1) is 7.11 Å². The molecule has 1 aromatic carbocycles. The molecule has 6 nitrogen and oxygen atoms in total. The Balaban J connectivity index is 2.18. The van der Waals surface area contributed by atoms with E-state index in [1.807, 2.05) is 24.3 Å². The number of benzene rings is 1. The van der Waals surface area contributed by atoms with Crippen LogP contribution in [0.4, 0.5) is 5.95 Å². The standard InChI is InChI=1S/C12H12N4O2/c1-18-10-5-3-2-4-9(10)6-7-11(17)16-8-14-12(13)15-16/h2-8H,1H3,(H2,13,15). The van der Waals surface area contributed by atoms with E-state index in [1.165, 1.54) is 12.4 Å². The van der Waals surface area contributed by atoms with Crippen LogP contribution >= 0.6 is 0 Å². The first kappa shape index (κ1) is 11.8. The van der Waals surface area contributed by atoms with Crippen molar-refractivity contribution in [2.24, 2.45) is 0 Å². The highest BCUT2D eigenvalue weighted by atomic mass is 16.5. The Hall–Kier alpha value is -2.63. The van der Waals surface area contributed by atoms with Gasteiger partial charge in [0.15, 0.2) is 0 Å². The van der Waals surface area contributed by atoms with Gasteiger partial charge in [0, 0.05) is 11.6 Å². The van der Waals surface area contributed by atoms with Gasteiger partial charge in [-0.1, -0.05) is 18.2 Å². The van der Waals surface area contributed by atoms with E-state index in [0.29, 0.717) is 5.75 Å². The zero-order chi connectivity index (χ0) is 13.0. The highest BCUT2D eigenvalue weighted by Gasteiger charge is 2.03. The second-order valence-electron chi connectivity index (χ2n) is 3.46. The SMILES string of the molecule is COc1ccccc1C=CC(=O)n1cnc(N)n1. The van der Waals surface area contributed by atoms with E-state index >= 15 is 0 Å². The molecule has 0 aliphatic rings. The highest BCUT2D eigenvalue weighted by Crippen LogP contribution is 2.18. The summed E-state index contributed by atoms with van der Waals surface area (Å²) in [6, 6.07) is 7.38. The van der Waals surface area contributed by atoms with Gasteiger partial charge in [-0.05, 0) is 12.1 Å². The van der Waals surface area contributed by atoms with Gasteiger partial charge in [0.1, 0.15) is 12.1 Å². The van der Waals surface area contributed by atoms with Crippen LogP contribution < -0.4 is 10.5 Å². The lowest BCUT2D eigenvalue weighted by Gasteiger charge is -2.02. The quantitative estimate of drug-likeness (QED) is 0.821. The molecule has 0 fully saturated rings. The summed E-state index contributed by atoms with van der Waals surface area (Å²) in [6.45, 7) is 0. The molecule has 0 atom stereocenters. The topological polar surface area (TPSA) is 83.0 Å². The molecule has 2 N–H and O–H groups in total. The average molecular weight is 244 g/mol. The maximum Gasteiger partial charge on any atom is 0.272 e. The van der Waals surface area contributed by atoms with E-state index in [4.69, 9.17) is 10.5 Å². The van der Waals surface area contributed by atoms with Crippen LogP contribution in [-0.2, 0) is 0 Å². The number of hydrogen-bond donors (Lipinski definition) is 1. The number of hydrogen-bond acceptors (Lipinski definition) is 5. The van der Waals surface area contributed by atoms with Gasteiger partial charge in [-0.2, -0.15) is 4.68 Å². The molecular formula is C12H12N4O2. The lowest BCUT2D eigenvalue weighted by Crippen LogP contribution is -2.08. The Kier molecular flexibility index (Phi) is 3.38. The minimum Gasteiger partial charge on any atom is -0.496 e. The molecule has 1 heterocycles. The zero-order valence-electron chi connectivity index (χ0n) is 9.78. The molecule has 0 saturated carbocycles. The molecule has 0 unspecified atom stereocenters. The van der Waals surface area contributed by atoms with Gasteiger partial charge in [-0.25, -0.2) is 4.98 Å². The summed E-state index contributed by atoms with van der Waals surface area (Å²) >= 11 is 0. The van der Waals surface area contributed by atoms with Gasteiger partial charge in [-0.15, -0.1) is 5.10 Å². The number of nitrogen functional groups attached to an aromatic ring is 1. The summed E-state index contributed by atoms with van der Waals surface area (Å²) in [5.41, 5.74) is 6.14. The number of aromatic nitrogens is 3. The molecule has 0 spiro atoms. The average Bonchev–Trinajstić information content (AvgIpc) is 2.83. The number of carbonyl (C=O) groups is 1. The number of carbonyl (C=O) groups excluding carboxylic acids is 1. The number of ether oxygens (including phenoxy) is 1. The number of methoxy groups -OCH3 is 1. The first-order valence-electron chi connectivity index (χ1n) is 5.23. The van der Waals surface area contributed by atoms with Crippen LogP contribution in [0.3, 0.4) is 0 Å². The Morgan fingerprint density at radius 3 is 2.89 bits per heavy atom. The maximum absolute atomic E-state index is 11.7. The molecule has 0 aliphatic heterocycles. The van der Waals surface area contributed by atoms with Crippen molar-refractivity contribution >= 4 is 17.9 Å². The van der Waals surface area contributed by atoms with Crippen LogP contribution in [0.5, 0.6) is 5.75 Å². The first-order valence-corrected chi connectivity index (χ1v) is 5.23. The molecule has 1 aromatic heterocycles. The maximum atomic E-state index is 11.7. The number of nitrogens with two attached hydrogens (primary N) is 1. The molecule has 92 valence electrons. The lowest BCUT2D eigenvalue weighted by molar-refractivity contribution is 0.0955. The van der Waals surface area contributed by atoms with Crippen molar-refractivity contribution in [2.75, 3.05) is 12.8 Å². The summed E-state index contributed by atoms with van der Waals surface area (Å²) < 4.78 is 6.24. The number of rotatable bonds is 3. The fraction of sp³-hybridized carbons (Fsp3) is 0.0833. The second-order valence-corrected chi connectivity index (χ2v) is 3.46. The molecule has 0 aliphatic carbocycles. The Labute approximate surface area is 104 Å². The number of para-hydroxylation sites is 1. The van der Waals surface area contributed by atoms with Crippen LogP contribution in [0.1, 0.15) is 10.4 Å². The lowest BCUT2D eigenvalue weighted by atomic mass is 10.2. The Bertz CT molecular complexity index is 589. The molecule has 0 saturated heterocycles. The van der Waals surface area contributed by atoms with Crippen molar-refractivity contribution in [2.45, 2.75) is 0 Å². The van der Waals surface area contributed by atoms with Gasteiger partial charge >= 0.3 is 0 Å². The summed E-state index contributed by atoms with van der Waals surface area (Å²) in [6.07, 6.45) is 4.30. The summed E-state index contributed by atoms with van der Waals surface area (Å²) in [4.78, 5) is 15.4. The van der Waals surface area contributed by atoms with Crippen LogP contribution in [-0.4, -0.2) is 27.8 Å². The van der Waals surface area contributed by atoms with E-state index in [2.05, 4.69) is 10.1 Å². The third-order valence-corrected chi connectivity index (χ3v) is 2.28. The highest BCUT2D eigenvalue weighted by molar-refractivity contribution is 5.93. The van der Waals surface area contributed by atoms with Crippen LogP contribution in [0.25, 0.3) is 6.08 Å². The second kappa shape index (κ2) is 5.13. The van der Waals surface area contributed by atoms with Gasteiger partial charge < -0.3 is 10.5 Å². The van der Waals surface area contributed by atoms with Crippen molar-refractivity contribution in [3.8, 4) is 5.75 Å². The molecule has 0 radical (unpaired) electrons. The van der Waals surface area contributed by atoms with E-state index in [-0.39, 0.29) is 11.9 Å². The van der Waals surface area contributed by atoms with Crippen LogP contribution in [0.15, 0.2) is 36.7 Å². The molecule has 2 aromatic rings. The predicted molar refractivity (Wildman–Crippen MR) is 67.1 cm³/mol. The molecule has 0 amide bonds. The normalized spacial score (nSPS) is 10.7. The van der Waals surface area contributed by atoms with E-state index in [1.54, 1.807) is 13.2 Å². The predicted octanol–water partition coefficient (Wildman–Crippen LogP) is 1.22. The zero-order valence-corrected chi connectivity index (χ0v) is 9.78. The van der Waals surface area contributed by atoms with Crippen molar-refractivity contribution in [3.05, 3.63) is 42.2 Å². The van der Waals surface area contributed by atoms with E-state index in [0.717, 1.165) is 10.2 Å². The number of allylic oxidation sites excluding steroid dienone is 1. The minimum absolute atomic E-state index is 0.0639. The largest absolute Gasteiger partial charge is 0.496 e. The summed E-state index contributed by atoms with van der Waals surface area (Å²) in [5, 5.41) is 3.72. The monoisotopic (exact) mass is 244 g/mol. The fourth-order valence-corrected chi connectivity index (χ4v) is 1.42. The third-order valence-electron chi connectivity index (χ3n) is 2.28. The molecule has 2 rings (SSSR count). The fourth-order valence-electron chi connectivity index (χ4n) is 1.42.